The maximum atomic E-state index is 5.62. The smallest absolute Gasteiger partial charge is 0.231 e. The molecule has 0 bridgehead atoms. The molecule has 0 unspecified atom stereocenters. The first-order valence-electron chi connectivity index (χ1n) is 7.73. The molecule has 2 saturated heterocycles. The number of piperidine rings is 2. The second-order valence-electron chi connectivity index (χ2n) is 6.14. The molecular weight excluding hydrogens is 252 g/mol. The lowest BCUT2D eigenvalue weighted by atomic mass is 9.85. The van der Waals surface area contributed by atoms with Crippen molar-refractivity contribution in [2.45, 2.75) is 31.8 Å². The highest BCUT2D eigenvalue weighted by molar-refractivity contribution is 5.48. The third-order valence-corrected chi connectivity index (χ3v) is 4.85. The Morgan fingerprint density at radius 3 is 3.25 bits per heavy atom. The SMILES string of the molecule is c1cc(CN2CC[C@@H]3NCCC[C@@H]3C2)c2c(c1)OCO2. The van der Waals surface area contributed by atoms with E-state index in [9.17, 15) is 0 Å². The van der Waals surface area contributed by atoms with Crippen LogP contribution in [0.3, 0.4) is 0 Å². The second-order valence-corrected chi connectivity index (χ2v) is 6.14. The summed E-state index contributed by atoms with van der Waals surface area (Å²) in [6.45, 7) is 4.94. The number of nitrogens with zero attached hydrogens (tertiary/aromatic N) is 1. The van der Waals surface area contributed by atoms with Gasteiger partial charge in [0.1, 0.15) is 0 Å². The minimum absolute atomic E-state index is 0.362. The van der Waals surface area contributed by atoms with Gasteiger partial charge in [0.15, 0.2) is 11.5 Å². The Hall–Kier alpha value is -1.26. The molecule has 3 aliphatic rings. The first kappa shape index (κ1) is 12.5. The highest BCUT2D eigenvalue weighted by Gasteiger charge is 2.31. The zero-order chi connectivity index (χ0) is 13.4. The summed E-state index contributed by atoms with van der Waals surface area (Å²) in [7, 11) is 0. The zero-order valence-corrected chi connectivity index (χ0v) is 11.8. The van der Waals surface area contributed by atoms with E-state index in [2.05, 4.69) is 22.3 Å². The Labute approximate surface area is 120 Å². The molecule has 2 atom stereocenters. The Kier molecular flexibility index (Phi) is 3.28. The molecule has 0 radical (unpaired) electrons. The Morgan fingerprint density at radius 1 is 1.25 bits per heavy atom. The summed E-state index contributed by atoms with van der Waals surface area (Å²) in [4.78, 5) is 2.57. The van der Waals surface area contributed by atoms with Gasteiger partial charge in [-0.3, -0.25) is 4.90 Å². The van der Waals surface area contributed by atoms with Gasteiger partial charge in [0, 0.05) is 24.7 Å². The highest BCUT2D eigenvalue weighted by Crippen LogP contribution is 2.36. The summed E-state index contributed by atoms with van der Waals surface area (Å²) in [5.74, 6) is 2.68. The minimum atomic E-state index is 0.362. The first-order chi connectivity index (χ1) is 9.90. The van der Waals surface area contributed by atoms with Gasteiger partial charge in [-0.1, -0.05) is 12.1 Å². The number of hydrogen-bond acceptors (Lipinski definition) is 4. The zero-order valence-electron chi connectivity index (χ0n) is 11.8. The van der Waals surface area contributed by atoms with E-state index in [0.29, 0.717) is 6.79 Å². The average Bonchev–Trinajstić information content (AvgIpc) is 2.97. The third kappa shape index (κ3) is 2.27. The molecule has 0 amide bonds. The molecule has 3 aliphatic heterocycles. The van der Waals surface area contributed by atoms with E-state index in [1.807, 2.05) is 6.07 Å². The van der Waals surface area contributed by atoms with Gasteiger partial charge in [-0.15, -0.1) is 0 Å². The average molecular weight is 274 g/mol. The number of likely N-dealkylation sites (tertiary alicyclic amines) is 1. The van der Waals surface area contributed by atoms with Crippen molar-refractivity contribution in [3.8, 4) is 11.5 Å². The van der Waals surface area contributed by atoms with Crippen LogP contribution in [-0.4, -0.2) is 37.4 Å². The molecular formula is C16H22N2O2. The van der Waals surface area contributed by atoms with E-state index in [1.165, 1.54) is 44.5 Å². The number of benzene rings is 1. The van der Waals surface area contributed by atoms with E-state index in [4.69, 9.17) is 9.47 Å². The van der Waals surface area contributed by atoms with Crippen molar-refractivity contribution in [2.75, 3.05) is 26.4 Å². The van der Waals surface area contributed by atoms with Crippen LogP contribution in [0.15, 0.2) is 18.2 Å². The minimum Gasteiger partial charge on any atom is -0.454 e. The standard InChI is InChI=1S/C16H22N2O2/c1-3-13(16-15(5-1)19-11-20-16)10-18-8-6-14-12(9-18)4-2-7-17-14/h1,3,5,12,14,17H,2,4,6-11H2/t12-,14+/m1/s1. The third-order valence-electron chi connectivity index (χ3n) is 4.85. The Morgan fingerprint density at radius 2 is 2.25 bits per heavy atom. The highest BCUT2D eigenvalue weighted by atomic mass is 16.7. The lowest BCUT2D eigenvalue weighted by molar-refractivity contribution is 0.107. The van der Waals surface area contributed by atoms with Crippen molar-refractivity contribution in [1.29, 1.82) is 0 Å². The van der Waals surface area contributed by atoms with Gasteiger partial charge < -0.3 is 14.8 Å². The van der Waals surface area contributed by atoms with Crippen LogP contribution in [-0.2, 0) is 6.54 Å². The van der Waals surface area contributed by atoms with Crippen LogP contribution >= 0.6 is 0 Å². The van der Waals surface area contributed by atoms with Crippen LogP contribution in [0.25, 0.3) is 0 Å². The molecule has 108 valence electrons. The van der Waals surface area contributed by atoms with Crippen molar-refractivity contribution in [3.05, 3.63) is 23.8 Å². The van der Waals surface area contributed by atoms with E-state index >= 15 is 0 Å². The Balaban J connectivity index is 1.46. The molecule has 0 spiro atoms. The van der Waals surface area contributed by atoms with Crippen molar-refractivity contribution >= 4 is 0 Å². The van der Waals surface area contributed by atoms with Crippen molar-refractivity contribution in [1.82, 2.24) is 10.2 Å². The molecule has 4 nitrogen and oxygen atoms in total. The quantitative estimate of drug-likeness (QED) is 0.894. The molecule has 1 aromatic rings. The lowest BCUT2D eigenvalue weighted by Gasteiger charge is -2.41. The summed E-state index contributed by atoms with van der Waals surface area (Å²) in [5.41, 5.74) is 1.27. The van der Waals surface area contributed by atoms with E-state index in [0.717, 1.165) is 30.0 Å². The molecule has 3 heterocycles. The van der Waals surface area contributed by atoms with E-state index < -0.39 is 0 Å². The van der Waals surface area contributed by atoms with Crippen molar-refractivity contribution in [3.63, 3.8) is 0 Å². The monoisotopic (exact) mass is 274 g/mol. The maximum Gasteiger partial charge on any atom is 0.231 e. The second kappa shape index (κ2) is 5.26. The van der Waals surface area contributed by atoms with Gasteiger partial charge >= 0.3 is 0 Å². The van der Waals surface area contributed by atoms with Crippen LogP contribution in [0.5, 0.6) is 11.5 Å². The summed E-state index contributed by atoms with van der Waals surface area (Å²) in [6, 6.07) is 6.97. The van der Waals surface area contributed by atoms with Gasteiger partial charge in [0.05, 0.1) is 0 Å². The topological polar surface area (TPSA) is 33.7 Å². The number of nitrogens with one attached hydrogen (secondary N) is 1. The number of hydrogen-bond donors (Lipinski definition) is 1. The number of rotatable bonds is 2. The predicted octanol–water partition coefficient (Wildman–Crippen LogP) is 1.99. The maximum absolute atomic E-state index is 5.62. The number of fused-ring (bicyclic) bond motifs is 2. The normalized spacial score (nSPS) is 29.2. The van der Waals surface area contributed by atoms with Gasteiger partial charge in [0.2, 0.25) is 6.79 Å². The molecule has 2 fully saturated rings. The van der Waals surface area contributed by atoms with Crippen LogP contribution in [0.4, 0.5) is 0 Å². The van der Waals surface area contributed by atoms with E-state index in [-0.39, 0.29) is 0 Å². The lowest BCUT2D eigenvalue weighted by Crippen LogP contribution is -2.51. The molecule has 0 saturated carbocycles. The van der Waals surface area contributed by atoms with Gasteiger partial charge in [-0.25, -0.2) is 0 Å². The fourth-order valence-electron chi connectivity index (χ4n) is 3.82. The van der Waals surface area contributed by atoms with Crippen LogP contribution in [0.2, 0.25) is 0 Å². The number of ether oxygens (including phenoxy) is 2. The molecule has 1 aromatic carbocycles. The molecule has 0 aromatic heterocycles. The van der Waals surface area contributed by atoms with Crippen molar-refractivity contribution < 1.29 is 9.47 Å². The van der Waals surface area contributed by atoms with E-state index in [1.54, 1.807) is 0 Å². The van der Waals surface area contributed by atoms with Gasteiger partial charge in [-0.05, 0) is 44.3 Å². The molecule has 4 rings (SSSR count). The van der Waals surface area contributed by atoms with Crippen molar-refractivity contribution in [2.24, 2.45) is 5.92 Å². The molecule has 1 N–H and O–H groups in total. The summed E-state index contributed by atoms with van der Waals surface area (Å²) in [6.07, 6.45) is 3.98. The predicted molar refractivity (Wildman–Crippen MR) is 77.0 cm³/mol. The van der Waals surface area contributed by atoms with Crippen LogP contribution in [0.1, 0.15) is 24.8 Å². The Bertz CT molecular complexity index is 491. The number of para-hydroxylation sites is 1. The van der Waals surface area contributed by atoms with Gasteiger partial charge in [-0.2, -0.15) is 0 Å². The summed E-state index contributed by atoms with van der Waals surface area (Å²) < 4.78 is 11.1. The van der Waals surface area contributed by atoms with Crippen LogP contribution < -0.4 is 14.8 Å². The molecule has 20 heavy (non-hydrogen) atoms. The fourth-order valence-corrected chi connectivity index (χ4v) is 3.82. The molecule has 0 aliphatic carbocycles. The van der Waals surface area contributed by atoms with Gasteiger partial charge in [0.25, 0.3) is 0 Å². The molecule has 4 heteroatoms. The summed E-state index contributed by atoms with van der Waals surface area (Å²) in [5, 5.41) is 3.68. The van der Waals surface area contributed by atoms with Crippen LogP contribution in [0, 0.1) is 5.92 Å². The summed E-state index contributed by atoms with van der Waals surface area (Å²) >= 11 is 0. The largest absolute Gasteiger partial charge is 0.454 e. The first-order valence-corrected chi connectivity index (χ1v) is 7.73. The fraction of sp³-hybridized carbons (Fsp3) is 0.625.